The largest absolute Gasteiger partial charge is 0.491 e. The number of amides is 1. The molecule has 1 amide bonds. The summed E-state index contributed by atoms with van der Waals surface area (Å²) in [5.74, 6) is 1.59. The van der Waals surface area contributed by atoms with E-state index in [1.165, 1.54) is 0 Å². The van der Waals surface area contributed by atoms with Crippen LogP contribution in [-0.2, 0) is 11.3 Å². The Morgan fingerprint density at radius 2 is 1.70 bits per heavy atom. The zero-order valence-corrected chi connectivity index (χ0v) is 17.4. The lowest BCUT2D eigenvalue weighted by Crippen LogP contribution is -2.39. The highest BCUT2D eigenvalue weighted by molar-refractivity contribution is 5.79. The summed E-state index contributed by atoms with van der Waals surface area (Å²) in [5, 5.41) is 9.22. The average molecular weight is 379 g/mol. The molecule has 0 aliphatic heterocycles. The number of hydrogen-bond acceptors (Lipinski definition) is 4. The molecule has 3 N–H and O–H groups in total. The van der Waals surface area contributed by atoms with Gasteiger partial charge >= 0.3 is 6.09 Å². The van der Waals surface area contributed by atoms with E-state index in [2.05, 4.69) is 20.9 Å². The number of guanidine groups is 1. The van der Waals surface area contributed by atoms with Crippen molar-refractivity contribution in [3.63, 3.8) is 0 Å². The molecule has 0 saturated heterocycles. The number of nitrogens with zero attached hydrogens (tertiary/aromatic N) is 1. The first kappa shape index (κ1) is 22.6. The maximum absolute atomic E-state index is 11.6. The van der Waals surface area contributed by atoms with Crippen LogP contribution in [0, 0.1) is 0 Å². The summed E-state index contributed by atoms with van der Waals surface area (Å²) in [5.41, 5.74) is 0.661. The monoisotopic (exact) mass is 378 g/mol. The standard InChI is InChI=1S/C20H34N4O3/c1-15(2)26-17-10-8-16(9-11-17)14-24-18(21-6)22-12-7-13-23-19(25)27-20(3,4)5/h8-11,15H,7,12-14H2,1-6H3,(H,23,25)(H2,21,22,24). The van der Waals surface area contributed by atoms with Crippen molar-refractivity contribution in [2.75, 3.05) is 20.1 Å². The normalized spacial score (nSPS) is 11.9. The predicted molar refractivity (Wildman–Crippen MR) is 109 cm³/mol. The molecule has 0 aromatic heterocycles. The Kier molecular flexibility index (Phi) is 9.47. The lowest BCUT2D eigenvalue weighted by molar-refractivity contribution is 0.0527. The number of carbonyl (C=O) groups excluding carboxylic acids is 1. The SMILES string of the molecule is CN=C(NCCCNC(=O)OC(C)(C)C)NCc1ccc(OC(C)C)cc1. The number of ether oxygens (including phenoxy) is 2. The van der Waals surface area contributed by atoms with E-state index in [9.17, 15) is 4.79 Å². The van der Waals surface area contributed by atoms with Crippen molar-refractivity contribution in [3.05, 3.63) is 29.8 Å². The van der Waals surface area contributed by atoms with E-state index < -0.39 is 11.7 Å². The van der Waals surface area contributed by atoms with Crippen LogP contribution in [0.4, 0.5) is 4.79 Å². The fourth-order valence-electron chi connectivity index (χ4n) is 2.16. The molecule has 0 fully saturated rings. The van der Waals surface area contributed by atoms with Crippen LogP contribution in [0.3, 0.4) is 0 Å². The molecule has 1 aromatic carbocycles. The van der Waals surface area contributed by atoms with Gasteiger partial charge in [-0.1, -0.05) is 12.1 Å². The van der Waals surface area contributed by atoms with Crippen molar-refractivity contribution in [1.82, 2.24) is 16.0 Å². The number of rotatable bonds is 8. The summed E-state index contributed by atoms with van der Waals surface area (Å²) in [7, 11) is 1.73. The smallest absolute Gasteiger partial charge is 0.407 e. The third-order valence-corrected chi connectivity index (χ3v) is 3.29. The zero-order chi connectivity index (χ0) is 20.3. The van der Waals surface area contributed by atoms with Gasteiger partial charge in [-0.15, -0.1) is 0 Å². The van der Waals surface area contributed by atoms with Crippen LogP contribution in [-0.4, -0.2) is 43.9 Å². The minimum Gasteiger partial charge on any atom is -0.491 e. The van der Waals surface area contributed by atoms with Crippen molar-refractivity contribution >= 4 is 12.1 Å². The fraction of sp³-hybridized carbons (Fsp3) is 0.600. The van der Waals surface area contributed by atoms with Crippen molar-refractivity contribution in [2.24, 2.45) is 4.99 Å². The highest BCUT2D eigenvalue weighted by Gasteiger charge is 2.15. The number of alkyl carbamates (subject to hydrolysis) is 1. The highest BCUT2D eigenvalue weighted by Crippen LogP contribution is 2.13. The molecule has 0 saturated carbocycles. The predicted octanol–water partition coefficient (Wildman–Crippen LogP) is 3.05. The van der Waals surface area contributed by atoms with Gasteiger partial charge in [-0.2, -0.15) is 0 Å². The molecule has 0 heterocycles. The summed E-state index contributed by atoms with van der Waals surface area (Å²) < 4.78 is 10.8. The number of aliphatic imine (C=N–C) groups is 1. The molecule has 7 nitrogen and oxygen atoms in total. The second kappa shape index (κ2) is 11.3. The van der Waals surface area contributed by atoms with Crippen LogP contribution in [0.25, 0.3) is 0 Å². The van der Waals surface area contributed by atoms with Crippen LogP contribution >= 0.6 is 0 Å². The summed E-state index contributed by atoms with van der Waals surface area (Å²) in [4.78, 5) is 15.8. The van der Waals surface area contributed by atoms with Gasteiger partial charge in [0, 0.05) is 26.7 Å². The van der Waals surface area contributed by atoms with E-state index in [1.807, 2.05) is 58.9 Å². The lowest BCUT2D eigenvalue weighted by Gasteiger charge is -2.19. The number of benzene rings is 1. The molecule has 0 radical (unpaired) electrons. The summed E-state index contributed by atoms with van der Waals surface area (Å²) in [6, 6.07) is 8.00. The fourth-order valence-corrected chi connectivity index (χ4v) is 2.16. The van der Waals surface area contributed by atoms with Gasteiger partial charge in [-0.05, 0) is 58.7 Å². The molecule has 7 heteroatoms. The van der Waals surface area contributed by atoms with Gasteiger partial charge < -0.3 is 25.4 Å². The summed E-state index contributed by atoms with van der Waals surface area (Å²) >= 11 is 0. The summed E-state index contributed by atoms with van der Waals surface area (Å²) in [6.45, 7) is 11.4. The van der Waals surface area contributed by atoms with Crippen LogP contribution in [0.15, 0.2) is 29.3 Å². The molecule has 152 valence electrons. The van der Waals surface area contributed by atoms with E-state index >= 15 is 0 Å². The van der Waals surface area contributed by atoms with Crippen molar-refractivity contribution in [3.8, 4) is 5.75 Å². The maximum Gasteiger partial charge on any atom is 0.407 e. The van der Waals surface area contributed by atoms with Gasteiger partial charge in [-0.25, -0.2) is 4.79 Å². The van der Waals surface area contributed by atoms with Gasteiger partial charge in [0.05, 0.1) is 6.10 Å². The van der Waals surface area contributed by atoms with E-state index in [4.69, 9.17) is 9.47 Å². The molecular formula is C20H34N4O3. The van der Waals surface area contributed by atoms with Crippen molar-refractivity contribution in [1.29, 1.82) is 0 Å². The van der Waals surface area contributed by atoms with Crippen molar-refractivity contribution < 1.29 is 14.3 Å². The molecule has 27 heavy (non-hydrogen) atoms. The Hall–Kier alpha value is -2.44. The van der Waals surface area contributed by atoms with Gasteiger partial charge in [0.2, 0.25) is 0 Å². The molecule has 0 spiro atoms. The Labute approximate surface area is 162 Å². The number of carbonyl (C=O) groups is 1. The first-order chi connectivity index (χ1) is 12.7. The lowest BCUT2D eigenvalue weighted by atomic mass is 10.2. The minimum atomic E-state index is -0.479. The van der Waals surface area contributed by atoms with E-state index in [0.717, 1.165) is 23.7 Å². The Bertz CT molecular complexity index is 592. The van der Waals surface area contributed by atoms with Gasteiger partial charge in [0.15, 0.2) is 5.96 Å². The first-order valence-electron chi connectivity index (χ1n) is 9.36. The highest BCUT2D eigenvalue weighted by atomic mass is 16.6. The molecule has 0 aliphatic carbocycles. The topological polar surface area (TPSA) is 84.0 Å². The second-order valence-corrected chi connectivity index (χ2v) is 7.45. The molecule has 1 rings (SSSR count). The van der Waals surface area contributed by atoms with Crippen LogP contribution < -0.4 is 20.7 Å². The number of nitrogens with one attached hydrogen (secondary N) is 3. The molecular weight excluding hydrogens is 344 g/mol. The molecule has 0 aliphatic rings. The molecule has 1 aromatic rings. The second-order valence-electron chi connectivity index (χ2n) is 7.45. The first-order valence-corrected chi connectivity index (χ1v) is 9.36. The van der Waals surface area contributed by atoms with Gasteiger partial charge in [-0.3, -0.25) is 4.99 Å². The van der Waals surface area contributed by atoms with Crippen LogP contribution in [0.5, 0.6) is 5.75 Å². The summed E-state index contributed by atoms with van der Waals surface area (Å²) in [6.07, 6.45) is 0.540. The van der Waals surface area contributed by atoms with Crippen LogP contribution in [0.2, 0.25) is 0 Å². The van der Waals surface area contributed by atoms with Gasteiger partial charge in [0.1, 0.15) is 11.4 Å². The third-order valence-electron chi connectivity index (χ3n) is 3.29. The van der Waals surface area contributed by atoms with E-state index in [-0.39, 0.29) is 6.10 Å². The average Bonchev–Trinajstić information content (AvgIpc) is 2.56. The molecule has 0 unspecified atom stereocenters. The quantitative estimate of drug-likeness (QED) is 0.368. The Morgan fingerprint density at radius 3 is 2.26 bits per heavy atom. The number of hydrogen-bond donors (Lipinski definition) is 3. The molecule has 0 bridgehead atoms. The van der Waals surface area contributed by atoms with E-state index in [0.29, 0.717) is 19.6 Å². The Balaban J connectivity index is 2.24. The van der Waals surface area contributed by atoms with E-state index in [1.54, 1.807) is 7.05 Å². The Morgan fingerprint density at radius 1 is 1.07 bits per heavy atom. The minimum absolute atomic E-state index is 0.168. The maximum atomic E-state index is 11.6. The molecule has 0 atom stereocenters. The third kappa shape index (κ3) is 11.0. The zero-order valence-electron chi connectivity index (χ0n) is 17.4. The van der Waals surface area contributed by atoms with Gasteiger partial charge in [0.25, 0.3) is 0 Å². The van der Waals surface area contributed by atoms with Crippen LogP contribution in [0.1, 0.15) is 46.6 Å². The van der Waals surface area contributed by atoms with Crippen molar-refractivity contribution in [2.45, 2.75) is 59.3 Å².